The molecule has 0 radical (unpaired) electrons. The van der Waals surface area contributed by atoms with E-state index in [0.717, 1.165) is 31.5 Å². The van der Waals surface area contributed by atoms with Crippen molar-refractivity contribution in [1.29, 1.82) is 0 Å². The predicted molar refractivity (Wildman–Crippen MR) is 58.3 cm³/mol. The largest absolute Gasteiger partial charge is 0.317 e. The molecule has 14 heavy (non-hydrogen) atoms. The Morgan fingerprint density at radius 3 is 2.93 bits per heavy atom. The fraction of sp³-hybridized carbons (Fsp3) is 0.455. The number of aryl methyl sites for hydroxylation is 1. The molecule has 0 spiro atoms. The van der Waals surface area contributed by atoms with Gasteiger partial charge in [-0.1, -0.05) is 18.5 Å². The minimum absolute atomic E-state index is 0.215. The molecule has 1 rings (SSSR count). The molecule has 0 heterocycles. The van der Waals surface area contributed by atoms with Gasteiger partial charge in [0.25, 0.3) is 0 Å². The van der Waals surface area contributed by atoms with Crippen LogP contribution in [0.2, 0.25) is 5.02 Å². The number of hydrogen-bond acceptors (Lipinski definition) is 1. The maximum atomic E-state index is 12.8. The fourth-order valence-corrected chi connectivity index (χ4v) is 1.53. The maximum Gasteiger partial charge on any atom is 0.123 e. The van der Waals surface area contributed by atoms with Crippen molar-refractivity contribution in [2.45, 2.75) is 19.8 Å². The molecular formula is C11H15ClFN. The zero-order valence-corrected chi connectivity index (χ0v) is 9.07. The van der Waals surface area contributed by atoms with Gasteiger partial charge < -0.3 is 5.32 Å². The zero-order valence-electron chi connectivity index (χ0n) is 8.32. The summed E-state index contributed by atoms with van der Waals surface area (Å²) < 4.78 is 12.8. The third-order valence-corrected chi connectivity index (χ3v) is 2.43. The van der Waals surface area contributed by atoms with Crippen molar-refractivity contribution in [1.82, 2.24) is 5.32 Å². The fourth-order valence-electron chi connectivity index (χ4n) is 1.32. The SMILES string of the molecule is CCNCCCc1cc(F)ccc1Cl. The van der Waals surface area contributed by atoms with Gasteiger partial charge in [-0.25, -0.2) is 4.39 Å². The van der Waals surface area contributed by atoms with E-state index in [1.807, 2.05) is 0 Å². The van der Waals surface area contributed by atoms with E-state index in [1.54, 1.807) is 6.07 Å². The van der Waals surface area contributed by atoms with Crippen molar-refractivity contribution in [2.24, 2.45) is 0 Å². The zero-order chi connectivity index (χ0) is 10.4. The van der Waals surface area contributed by atoms with Crippen LogP contribution in [0.5, 0.6) is 0 Å². The van der Waals surface area contributed by atoms with E-state index < -0.39 is 0 Å². The summed E-state index contributed by atoms with van der Waals surface area (Å²) in [5.74, 6) is -0.215. The van der Waals surface area contributed by atoms with Crippen LogP contribution in [0.1, 0.15) is 18.9 Å². The third-order valence-electron chi connectivity index (χ3n) is 2.06. The second kappa shape index (κ2) is 5.99. The van der Waals surface area contributed by atoms with Crippen LogP contribution in [0.4, 0.5) is 4.39 Å². The molecule has 1 aromatic rings. The third kappa shape index (κ3) is 3.64. The molecule has 0 atom stereocenters. The lowest BCUT2D eigenvalue weighted by Gasteiger charge is -2.04. The molecule has 0 amide bonds. The number of nitrogens with one attached hydrogen (secondary N) is 1. The summed E-state index contributed by atoms with van der Waals surface area (Å²) >= 11 is 5.92. The van der Waals surface area contributed by atoms with Crippen LogP contribution >= 0.6 is 11.6 Å². The van der Waals surface area contributed by atoms with Crippen LogP contribution in [0.15, 0.2) is 18.2 Å². The van der Waals surface area contributed by atoms with Gasteiger partial charge in [-0.2, -0.15) is 0 Å². The summed E-state index contributed by atoms with van der Waals surface area (Å²) in [6, 6.07) is 4.50. The Labute approximate surface area is 89.3 Å². The first-order valence-corrected chi connectivity index (χ1v) is 5.26. The lowest BCUT2D eigenvalue weighted by atomic mass is 10.1. The number of benzene rings is 1. The van der Waals surface area contributed by atoms with E-state index in [-0.39, 0.29) is 5.82 Å². The highest BCUT2D eigenvalue weighted by molar-refractivity contribution is 6.31. The standard InChI is InChI=1S/C11H15ClFN/c1-2-14-7-3-4-9-8-10(13)5-6-11(9)12/h5-6,8,14H,2-4,7H2,1H3. The minimum atomic E-state index is -0.215. The van der Waals surface area contributed by atoms with E-state index in [0.29, 0.717) is 5.02 Å². The molecule has 0 aliphatic rings. The normalized spacial score (nSPS) is 10.5. The van der Waals surface area contributed by atoms with E-state index in [4.69, 9.17) is 11.6 Å². The van der Waals surface area contributed by atoms with Crippen LogP contribution in [-0.4, -0.2) is 13.1 Å². The second-order valence-electron chi connectivity index (χ2n) is 3.19. The Bertz CT molecular complexity index is 289. The van der Waals surface area contributed by atoms with Gasteiger partial charge in [0.15, 0.2) is 0 Å². The highest BCUT2D eigenvalue weighted by Crippen LogP contribution is 2.18. The van der Waals surface area contributed by atoms with E-state index >= 15 is 0 Å². The van der Waals surface area contributed by atoms with E-state index in [1.165, 1.54) is 12.1 Å². The van der Waals surface area contributed by atoms with Crippen molar-refractivity contribution in [3.05, 3.63) is 34.6 Å². The molecule has 0 aromatic heterocycles. The average molecular weight is 216 g/mol. The van der Waals surface area contributed by atoms with Crippen molar-refractivity contribution in [2.75, 3.05) is 13.1 Å². The van der Waals surface area contributed by atoms with Crippen LogP contribution in [-0.2, 0) is 6.42 Å². The van der Waals surface area contributed by atoms with Crippen molar-refractivity contribution in [3.63, 3.8) is 0 Å². The first kappa shape index (κ1) is 11.5. The molecule has 1 N–H and O–H groups in total. The molecule has 0 saturated heterocycles. The van der Waals surface area contributed by atoms with Gasteiger partial charge in [0.1, 0.15) is 5.82 Å². The quantitative estimate of drug-likeness (QED) is 0.745. The van der Waals surface area contributed by atoms with E-state index in [2.05, 4.69) is 12.2 Å². The molecule has 1 nitrogen and oxygen atoms in total. The topological polar surface area (TPSA) is 12.0 Å². The number of hydrogen-bond donors (Lipinski definition) is 1. The number of halogens is 2. The Hall–Kier alpha value is -0.600. The van der Waals surface area contributed by atoms with Crippen LogP contribution in [0.3, 0.4) is 0 Å². The highest BCUT2D eigenvalue weighted by Gasteiger charge is 2.01. The lowest BCUT2D eigenvalue weighted by Crippen LogP contribution is -2.14. The van der Waals surface area contributed by atoms with Crippen LogP contribution in [0.25, 0.3) is 0 Å². The molecule has 0 unspecified atom stereocenters. The summed E-state index contributed by atoms with van der Waals surface area (Å²) in [6.45, 7) is 3.98. The van der Waals surface area contributed by atoms with Gasteiger partial charge >= 0.3 is 0 Å². The van der Waals surface area contributed by atoms with Gasteiger partial charge in [0.2, 0.25) is 0 Å². The summed E-state index contributed by atoms with van der Waals surface area (Å²) in [7, 11) is 0. The second-order valence-corrected chi connectivity index (χ2v) is 3.60. The van der Waals surface area contributed by atoms with Gasteiger partial charge in [0, 0.05) is 5.02 Å². The molecule has 0 aliphatic carbocycles. The van der Waals surface area contributed by atoms with Gasteiger partial charge in [-0.3, -0.25) is 0 Å². The molecule has 1 aromatic carbocycles. The molecule has 3 heteroatoms. The minimum Gasteiger partial charge on any atom is -0.317 e. The summed E-state index contributed by atoms with van der Waals surface area (Å²) in [6.07, 6.45) is 1.81. The monoisotopic (exact) mass is 215 g/mol. The van der Waals surface area contributed by atoms with Gasteiger partial charge in [0.05, 0.1) is 0 Å². The Kier molecular flexibility index (Phi) is 4.91. The first-order valence-electron chi connectivity index (χ1n) is 4.88. The number of rotatable bonds is 5. The molecule has 0 aliphatic heterocycles. The molecular weight excluding hydrogens is 201 g/mol. The van der Waals surface area contributed by atoms with Crippen LogP contribution < -0.4 is 5.32 Å². The van der Waals surface area contributed by atoms with Crippen molar-refractivity contribution < 1.29 is 4.39 Å². The maximum absolute atomic E-state index is 12.8. The Morgan fingerprint density at radius 1 is 1.43 bits per heavy atom. The predicted octanol–water partition coefficient (Wildman–Crippen LogP) is 3.02. The first-order chi connectivity index (χ1) is 6.74. The average Bonchev–Trinajstić information content (AvgIpc) is 2.18. The summed E-state index contributed by atoms with van der Waals surface area (Å²) in [4.78, 5) is 0. The van der Waals surface area contributed by atoms with E-state index in [9.17, 15) is 4.39 Å². The molecule has 78 valence electrons. The summed E-state index contributed by atoms with van der Waals surface area (Å²) in [5.41, 5.74) is 0.893. The molecule has 0 saturated carbocycles. The van der Waals surface area contributed by atoms with Crippen molar-refractivity contribution >= 4 is 11.6 Å². The highest BCUT2D eigenvalue weighted by atomic mass is 35.5. The Morgan fingerprint density at radius 2 is 2.21 bits per heavy atom. The van der Waals surface area contributed by atoms with Crippen molar-refractivity contribution in [3.8, 4) is 0 Å². The molecule has 0 fully saturated rings. The summed E-state index contributed by atoms with van der Waals surface area (Å²) in [5, 5.41) is 3.87. The van der Waals surface area contributed by atoms with Gasteiger partial charge in [-0.15, -0.1) is 0 Å². The Balaban J connectivity index is 2.45. The lowest BCUT2D eigenvalue weighted by molar-refractivity contribution is 0.622. The smallest absolute Gasteiger partial charge is 0.123 e. The van der Waals surface area contributed by atoms with Gasteiger partial charge in [-0.05, 0) is 49.7 Å². The molecule has 0 bridgehead atoms. The van der Waals surface area contributed by atoms with Crippen LogP contribution in [0, 0.1) is 5.82 Å².